The molecule has 0 spiro atoms. The fourth-order valence-electron chi connectivity index (χ4n) is 3.36. The zero-order valence-electron chi connectivity index (χ0n) is 18.1. The van der Waals surface area contributed by atoms with Gasteiger partial charge in [-0.15, -0.1) is 0 Å². The Labute approximate surface area is 189 Å². The molecule has 0 saturated carbocycles. The van der Waals surface area contributed by atoms with Gasteiger partial charge in [0.1, 0.15) is 5.75 Å². The quantitative estimate of drug-likeness (QED) is 0.326. The number of aromatic carboxylic acids is 1. The second-order valence-electron chi connectivity index (χ2n) is 7.46. The smallest absolute Gasteiger partial charge is 0.337 e. The van der Waals surface area contributed by atoms with Crippen molar-refractivity contribution < 1.29 is 19.4 Å². The molecule has 3 aromatic rings. The summed E-state index contributed by atoms with van der Waals surface area (Å²) in [5.74, 6) is -1.08. The summed E-state index contributed by atoms with van der Waals surface area (Å²) in [5.41, 5.74) is 3.25. The summed E-state index contributed by atoms with van der Waals surface area (Å²) in [6.45, 7) is 2.56. The molecule has 6 heteroatoms. The van der Waals surface area contributed by atoms with Gasteiger partial charge in [-0.25, -0.2) is 4.79 Å². The normalized spacial score (nSPS) is 10.5. The highest BCUT2D eigenvalue weighted by molar-refractivity contribution is 6.10. The van der Waals surface area contributed by atoms with Crippen molar-refractivity contribution in [3.63, 3.8) is 0 Å². The molecule has 0 aliphatic heterocycles. The predicted molar refractivity (Wildman–Crippen MR) is 128 cm³/mol. The highest BCUT2D eigenvalue weighted by atomic mass is 16.5. The van der Waals surface area contributed by atoms with Crippen LogP contribution in [0, 0.1) is 0 Å². The lowest BCUT2D eigenvalue weighted by Gasteiger charge is -2.15. The first-order chi connectivity index (χ1) is 15.5. The van der Waals surface area contributed by atoms with E-state index in [1.807, 2.05) is 36.4 Å². The van der Waals surface area contributed by atoms with E-state index in [0.717, 1.165) is 29.5 Å². The molecule has 3 rings (SSSR count). The number of carbonyl (C=O) groups is 2. The van der Waals surface area contributed by atoms with E-state index in [1.165, 1.54) is 6.07 Å². The third-order valence-electron chi connectivity index (χ3n) is 5.08. The molecule has 0 aromatic heterocycles. The summed E-state index contributed by atoms with van der Waals surface area (Å²) in [4.78, 5) is 25.0. The molecule has 0 aliphatic rings. The van der Waals surface area contributed by atoms with E-state index in [9.17, 15) is 14.7 Å². The Morgan fingerprint density at radius 1 is 0.969 bits per heavy atom. The van der Waals surface area contributed by atoms with Crippen LogP contribution < -0.4 is 10.1 Å². The molecule has 3 aromatic carbocycles. The summed E-state index contributed by atoms with van der Waals surface area (Å²) in [5, 5.41) is 12.4. The topological polar surface area (TPSA) is 75.6 Å². The van der Waals surface area contributed by atoms with Gasteiger partial charge < -0.3 is 15.2 Å². The predicted octanol–water partition coefficient (Wildman–Crippen LogP) is 5.61. The largest absolute Gasteiger partial charge is 0.493 e. The zero-order chi connectivity index (χ0) is 22.9. The maximum absolute atomic E-state index is 13.2. The van der Waals surface area contributed by atoms with Gasteiger partial charge in [0.05, 0.1) is 31.3 Å². The molecule has 0 bridgehead atoms. The van der Waals surface area contributed by atoms with E-state index >= 15 is 0 Å². The Morgan fingerprint density at radius 2 is 1.75 bits per heavy atom. The van der Waals surface area contributed by atoms with Crippen molar-refractivity contribution in [1.29, 1.82) is 0 Å². The second kappa shape index (κ2) is 11.2. The van der Waals surface area contributed by atoms with E-state index in [1.54, 1.807) is 24.3 Å². The van der Waals surface area contributed by atoms with E-state index in [4.69, 9.17) is 12.6 Å². The lowest BCUT2D eigenvalue weighted by Crippen LogP contribution is -2.17. The summed E-state index contributed by atoms with van der Waals surface area (Å²) in [6, 6.07) is 19.9. The van der Waals surface area contributed by atoms with Gasteiger partial charge in [-0.1, -0.05) is 62.1 Å². The van der Waals surface area contributed by atoms with Crippen LogP contribution in [-0.2, 0) is 6.42 Å². The number of benzene rings is 3. The summed E-state index contributed by atoms with van der Waals surface area (Å²) < 4.78 is 5.83. The molecule has 2 radical (unpaired) electrons. The highest BCUT2D eigenvalue weighted by Crippen LogP contribution is 2.28. The molecule has 162 valence electrons. The maximum Gasteiger partial charge on any atom is 0.337 e. The number of hydrogen-bond acceptors (Lipinski definition) is 3. The van der Waals surface area contributed by atoms with Crippen molar-refractivity contribution >= 4 is 25.4 Å². The van der Waals surface area contributed by atoms with Crippen LogP contribution in [0.1, 0.15) is 46.0 Å². The van der Waals surface area contributed by atoms with Gasteiger partial charge in [-0.05, 0) is 53.8 Å². The van der Waals surface area contributed by atoms with Crippen LogP contribution in [0.2, 0.25) is 6.32 Å². The molecule has 0 fully saturated rings. The number of aryl methyl sites for hydroxylation is 1. The Kier molecular flexibility index (Phi) is 8.09. The fourth-order valence-corrected chi connectivity index (χ4v) is 3.36. The lowest BCUT2D eigenvalue weighted by molar-refractivity contribution is 0.0698. The third kappa shape index (κ3) is 5.79. The number of rotatable bonds is 10. The number of carboxylic acids is 1. The van der Waals surface area contributed by atoms with Crippen molar-refractivity contribution in [2.75, 3.05) is 11.9 Å². The number of amides is 1. The minimum Gasteiger partial charge on any atom is -0.493 e. The number of carboxylic acid groups (broad SMARTS) is 1. The number of carbonyl (C=O) groups excluding carboxylic acids is 1. The molecule has 5 nitrogen and oxygen atoms in total. The molecule has 0 atom stereocenters. The van der Waals surface area contributed by atoms with Crippen LogP contribution in [0.4, 0.5) is 5.69 Å². The molecular formula is C26H26BNO4. The van der Waals surface area contributed by atoms with E-state index < -0.39 is 11.9 Å². The molecule has 32 heavy (non-hydrogen) atoms. The number of hydrogen-bond donors (Lipinski definition) is 2. The van der Waals surface area contributed by atoms with Crippen LogP contribution in [0.15, 0.2) is 66.7 Å². The number of ether oxygens (including phenoxy) is 1. The van der Waals surface area contributed by atoms with E-state index in [-0.39, 0.29) is 11.3 Å². The fraction of sp³-hybridized carbons (Fsp3) is 0.231. The van der Waals surface area contributed by atoms with Crippen LogP contribution in [0.25, 0.3) is 11.1 Å². The van der Waals surface area contributed by atoms with Crippen LogP contribution >= 0.6 is 0 Å². The molecular weight excluding hydrogens is 401 g/mol. The Bertz CT molecular complexity index is 1080. The van der Waals surface area contributed by atoms with E-state index in [2.05, 4.69) is 12.2 Å². The van der Waals surface area contributed by atoms with Crippen molar-refractivity contribution in [2.24, 2.45) is 0 Å². The van der Waals surface area contributed by atoms with Gasteiger partial charge in [-0.2, -0.15) is 0 Å². The second-order valence-corrected chi connectivity index (χ2v) is 7.46. The van der Waals surface area contributed by atoms with Crippen LogP contribution in [-0.4, -0.2) is 31.4 Å². The van der Waals surface area contributed by atoms with Gasteiger partial charge >= 0.3 is 5.97 Å². The number of unbranched alkanes of at least 4 members (excludes halogenated alkanes) is 1. The first-order valence-corrected chi connectivity index (χ1v) is 10.7. The molecule has 0 aliphatic carbocycles. The highest BCUT2D eigenvalue weighted by Gasteiger charge is 2.18. The first kappa shape index (κ1) is 23.1. The average Bonchev–Trinajstić information content (AvgIpc) is 2.80. The van der Waals surface area contributed by atoms with Gasteiger partial charge in [0.25, 0.3) is 5.91 Å². The zero-order valence-corrected chi connectivity index (χ0v) is 18.1. The molecule has 0 heterocycles. The van der Waals surface area contributed by atoms with Crippen LogP contribution in [0.5, 0.6) is 5.75 Å². The van der Waals surface area contributed by atoms with Gasteiger partial charge in [0.15, 0.2) is 0 Å². The molecule has 0 unspecified atom stereocenters. The lowest BCUT2D eigenvalue weighted by atomic mass is 9.96. The first-order valence-electron chi connectivity index (χ1n) is 10.7. The van der Waals surface area contributed by atoms with Crippen LogP contribution in [0.3, 0.4) is 0 Å². The SMILES string of the molecule is [B]CCc1ccc(OCCCC)c(C(=O)Nc2cc(-c3ccccc3)ccc2C(=O)O)c1. The average molecular weight is 427 g/mol. The maximum atomic E-state index is 13.2. The monoisotopic (exact) mass is 427 g/mol. The van der Waals surface area contributed by atoms with E-state index in [0.29, 0.717) is 30.7 Å². The number of nitrogens with one attached hydrogen (secondary N) is 1. The van der Waals surface area contributed by atoms with Crippen molar-refractivity contribution in [3.05, 3.63) is 83.4 Å². The molecule has 0 saturated heterocycles. The minimum atomic E-state index is -1.11. The van der Waals surface area contributed by atoms with Gasteiger partial charge in [-0.3, -0.25) is 4.79 Å². The van der Waals surface area contributed by atoms with Crippen molar-refractivity contribution in [1.82, 2.24) is 0 Å². The third-order valence-corrected chi connectivity index (χ3v) is 5.08. The standard InChI is InChI=1S/C26H26BNO4/c1-2-3-15-32-24-12-9-18(13-14-27)16-22(24)25(29)28-23-17-20(10-11-21(23)26(30)31)19-7-5-4-6-8-19/h4-12,16-17H,2-3,13-15H2,1H3,(H,28,29)(H,30,31). The summed E-state index contributed by atoms with van der Waals surface area (Å²) in [6.07, 6.45) is 2.92. The van der Waals surface area contributed by atoms with Crippen molar-refractivity contribution in [3.8, 4) is 16.9 Å². The Morgan fingerprint density at radius 3 is 2.44 bits per heavy atom. The summed E-state index contributed by atoms with van der Waals surface area (Å²) >= 11 is 0. The Balaban J connectivity index is 1.96. The van der Waals surface area contributed by atoms with Gasteiger partial charge in [0.2, 0.25) is 0 Å². The molecule has 1 amide bonds. The minimum absolute atomic E-state index is 0.0181. The summed E-state index contributed by atoms with van der Waals surface area (Å²) in [7, 11) is 5.67. The number of anilines is 1. The Hall–Kier alpha value is -3.54. The molecule has 2 N–H and O–H groups in total. The van der Waals surface area contributed by atoms with Crippen molar-refractivity contribution in [2.45, 2.75) is 32.5 Å². The van der Waals surface area contributed by atoms with Gasteiger partial charge in [0, 0.05) is 0 Å².